The van der Waals surface area contributed by atoms with E-state index in [4.69, 9.17) is 75.8 Å². The third kappa shape index (κ3) is 15.6. The standard InChI is InChI=1S/C76H120O39/c1-28-29(2)103-66(57(41(28)83)113-65-52(94)55(111-63-49(91)46(88)43(85)35(22-77)106-63)53(30(3)104-65)109-61-45(87)34(14-19-100-61)105-68-59(95)75(99,26-80)27-102-68)115-69(98)76-18-17-70(4,5)20-32(76)31-10-11-38-71(6)15-13-40(72(7,25-79)37(71)12-16-73(38,8)74(31,9)21-39(76)82)108-67-58(114-64-50(92)47(89)44(86)36(23-78)107-64)54(51(93)56(112-67)60(96)97)110-62-48(90)42(84)33(81)24-101-62/h10,25,28-30,32-59,61-68,77-78,80-95,99H,11-24,26-27H2,1-9H3,(H,96,97)/t28?,29?,30?,32?,33?,34?,35?,36?,37?,38?,39-,40+,41?,42?,43?,44?,45?,46?,47?,48?,49?,50?,51?,52?,53?,54?,55?,56?,57?,58?,59?,61?,62?,63?,64?,65?,66?,67?,68?,71+,72+,73-,74-,75?,76-/m1/s1. The van der Waals surface area contributed by atoms with Crippen molar-refractivity contribution in [2.24, 2.45) is 56.2 Å². The molecular weight excluding hydrogens is 1540 g/mol. The monoisotopic (exact) mass is 1660 g/mol. The lowest BCUT2D eigenvalue weighted by Crippen LogP contribution is -2.69. The highest BCUT2D eigenvalue weighted by Crippen LogP contribution is 2.76. The number of hydrogen-bond donors (Lipinski definition) is 20. The molecule has 8 heterocycles. The highest BCUT2D eigenvalue weighted by Gasteiger charge is 2.73. The van der Waals surface area contributed by atoms with E-state index in [2.05, 4.69) is 40.7 Å². The minimum Gasteiger partial charge on any atom is -0.479 e. The molecule has 0 spiro atoms. The van der Waals surface area contributed by atoms with E-state index < -0.39 is 316 Å². The van der Waals surface area contributed by atoms with Gasteiger partial charge < -0.3 is 183 Å². The highest BCUT2D eigenvalue weighted by molar-refractivity contribution is 5.80. The molecule has 0 amide bonds. The minimum atomic E-state index is -2.23. The maximum absolute atomic E-state index is 16.1. The number of carbonyl (C=O) groups is 3. The van der Waals surface area contributed by atoms with Crippen molar-refractivity contribution in [2.45, 2.75) is 347 Å². The van der Waals surface area contributed by atoms with Crippen molar-refractivity contribution in [1.82, 2.24) is 0 Å². The highest BCUT2D eigenvalue weighted by atomic mass is 16.8. The van der Waals surface area contributed by atoms with Crippen LogP contribution in [0, 0.1) is 56.2 Å². The molecule has 115 heavy (non-hydrogen) atoms. The Morgan fingerprint density at radius 1 is 0.522 bits per heavy atom. The lowest BCUT2D eigenvalue weighted by Gasteiger charge is -2.71. The van der Waals surface area contributed by atoms with E-state index in [1.165, 1.54) is 6.92 Å². The SMILES string of the molecule is CC1OC(OC(=O)[C@]23CCC(C)(C)CC2C2=CCC4[C@@]5(C)CC[C@H](OC6OC(C(=O)O)C(O)C(OC7OCC(O)C(O)C7O)C6OC6OC(CO)C(O)C(O)C6O)[C@@](C)(C=O)C5CC[C@@]4(C)[C@]2(C)C[C@H]3O)C(OC2OC(C)C(OC3OCCC(OC4OCC(O)(CO)C4O)C3O)C(OC3OC(CO)C(O)C(O)C3O)C2O)C(O)C1C. The van der Waals surface area contributed by atoms with E-state index >= 15 is 4.79 Å². The van der Waals surface area contributed by atoms with Gasteiger partial charge in [-0.3, -0.25) is 4.79 Å². The zero-order valence-electron chi connectivity index (χ0n) is 65.7. The second-order valence-electron chi connectivity index (χ2n) is 36.3. The van der Waals surface area contributed by atoms with Crippen molar-refractivity contribution in [3.8, 4) is 0 Å². The molecule has 0 aromatic rings. The first-order valence-corrected chi connectivity index (χ1v) is 40.1. The van der Waals surface area contributed by atoms with Crippen LogP contribution >= 0.6 is 0 Å². The molecule has 38 unspecified atom stereocenters. The average molecular weight is 1660 g/mol. The zero-order chi connectivity index (χ0) is 83.8. The summed E-state index contributed by atoms with van der Waals surface area (Å²) < 4.78 is 97.9. The van der Waals surface area contributed by atoms with Gasteiger partial charge in [0.2, 0.25) is 6.29 Å². The first-order valence-electron chi connectivity index (χ1n) is 40.1. The fraction of sp³-hybridized carbons (Fsp3) is 0.934. The van der Waals surface area contributed by atoms with Gasteiger partial charge in [0, 0.05) is 5.92 Å². The van der Waals surface area contributed by atoms with Gasteiger partial charge >= 0.3 is 11.9 Å². The van der Waals surface area contributed by atoms with Crippen LogP contribution in [-0.2, 0) is 90.2 Å². The number of ether oxygens (including phenoxy) is 16. The molecule has 8 aliphatic heterocycles. The molecule has 0 aromatic heterocycles. The van der Waals surface area contributed by atoms with Gasteiger partial charge in [-0.15, -0.1) is 0 Å². The Morgan fingerprint density at radius 3 is 1.72 bits per heavy atom. The first-order chi connectivity index (χ1) is 54.0. The van der Waals surface area contributed by atoms with Crippen LogP contribution in [0.1, 0.15) is 127 Å². The molecule has 13 rings (SSSR count). The molecule has 45 atom stereocenters. The maximum atomic E-state index is 16.1. The van der Waals surface area contributed by atoms with Gasteiger partial charge in [0.25, 0.3) is 0 Å². The largest absolute Gasteiger partial charge is 0.479 e. The number of carbonyl (C=O) groups excluding carboxylic acids is 2. The number of allylic oxidation sites excluding steroid dienone is 2. The van der Waals surface area contributed by atoms with Gasteiger partial charge in [-0.05, 0) is 117 Å². The van der Waals surface area contributed by atoms with Crippen molar-refractivity contribution < 1.29 is 192 Å². The van der Waals surface area contributed by atoms with Crippen molar-refractivity contribution >= 4 is 18.2 Å². The topological polar surface area (TPSA) is 603 Å². The van der Waals surface area contributed by atoms with E-state index in [1.54, 1.807) is 20.8 Å². The number of aliphatic hydroxyl groups excluding tert-OH is 18. The number of carboxylic acid groups (broad SMARTS) is 1. The lowest BCUT2D eigenvalue weighted by atomic mass is 9.33. The van der Waals surface area contributed by atoms with Crippen LogP contribution in [0.15, 0.2) is 11.6 Å². The number of aliphatic carboxylic acids is 1. The lowest BCUT2D eigenvalue weighted by molar-refractivity contribution is -0.393. The molecule has 13 aliphatic rings. The van der Waals surface area contributed by atoms with Crippen LogP contribution in [0.25, 0.3) is 0 Å². The first kappa shape index (κ1) is 89.7. The molecule has 8 saturated heterocycles. The predicted molar refractivity (Wildman–Crippen MR) is 377 cm³/mol. The Bertz CT molecular complexity index is 3400. The summed E-state index contributed by atoms with van der Waals surface area (Å²) in [5, 5.41) is 222. The molecule has 0 radical (unpaired) electrons. The van der Waals surface area contributed by atoms with Gasteiger partial charge in [0.05, 0.1) is 81.7 Å². The maximum Gasteiger partial charge on any atom is 0.335 e. The normalized spacial score (nSPS) is 54.6. The van der Waals surface area contributed by atoms with Crippen LogP contribution in [0.3, 0.4) is 0 Å². The number of carboxylic acids is 1. The Hall–Kier alpha value is -3.01. The second-order valence-corrected chi connectivity index (χ2v) is 36.3. The van der Waals surface area contributed by atoms with Gasteiger partial charge in [-0.25, -0.2) is 4.79 Å². The van der Waals surface area contributed by atoms with Crippen molar-refractivity contribution in [1.29, 1.82) is 0 Å². The number of rotatable bonds is 21. The van der Waals surface area contributed by atoms with E-state index in [0.717, 1.165) is 11.9 Å². The minimum absolute atomic E-state index is 0.00339. The van der Waals surface area contributed by atoms with Gasteiger partial charge in [-0.1, -0.05) is 60.1 Å². The number of hydrogen-bond acceptors (Lipinski definition) is 38. The van der Waals surface area contributed by atoms with Gasteiger partial charge in [0.1, 0.15) is 139 Å². The molecule has 4 saturated carbocycles. The second kappa shape index (κ2) is 33.9. The fourth-order valence-corrected chi connectivity index (χ4v) is 21.6. The van der Waals surface area contributed by atoms with E-state index in [9.17, 15) is 112 Å². The predicted octanol–water partition coefficient (Wildman–Crippen LogP) is -6.22. The smallest absolute Gasteiger partial charge is 0.335 e. The van der Waals surface area contributed by atoms with E-state index in [1.807, 2.05) is 0 Å². The van der Waals surface area contributed by atoms with E-state index in [0.29, 0.717) is 38.5 Å². The Labute approximate surface area is 663 Å². The third-order valence-corrected chi connectivity index (χ3v) is 29.1. The van der Waals surface area contributed by atoms with Crippen molar-refractivity contribution in [3.05, 3.63) is 11.6 Å². The fourth-order valence-electron chi connectivity index (χ4n) is 21.6. The summed E-state index contributed by atoms with van der Waals surface area (Å²) in [6, 6.07) is 0. The molecule has 658 valence electrons. The summed E-state index contributed by atoms with van der Waals surface area (Å²) in [6.07, 6.45) is -55.8. The Kier molecular flexibility index (Phi) is 26.5. The number of aliphatic hydroxyl groups is 19. The molecule has 12 fully saturated rings. The molecule has 20 N–H and O–H groups in total. The van der Waals surface area contributed by atoms with Crippen LogP contribution < -0.4 is 0 Å². The van der Waals surface area contributed by atoms with Crippen LogP contribution in [0.4, 0.5) is 0 Å². The summed E-state index contributed by atoms with van der Waals surface area (Å²) in [7, 11) is 0. The van der Waals surface area contributed by atoms with Crippen LogP contribution in [-0.4, -0.2) is 381 Å². The molecule has 0 aromatic carbocycles. The molecular formula is C76H120O39. The number of fused-ring (bicyclic) bond motifs is 7. The molecule has 0 bridgehead atoms. The summed E-state index contributed by atoms with van der Waals surface area (Å²) >= 11 is 0. The van der Waals surface area contributed by atoms with Crippen molar-refractivity contribution in [2.75, 3.05) is 39.6 Å². The average Bonchev–Trinajstić information content (AvgIpc) is 0.729. The van der Waals surface area contributed by atoms with Crippen LogP contribution in [0.5, 0.6) is 0 Å². The quantitative estimate of drug-likeness (QED) is 0.0220. The Morgan fingerprint density at radius 2 is 1.10 bits per heavy atom. The molecule has 39 nitrogen and oxygen atoms in total. The summed E-state index contributed by atoms with van der Waals surface area (Å²) in [5.74, 6) is -4.80. The zero-order valence-corrected chi connectivity index (χ0v) is 65.7. The summed E-state index contributed by atoms with van der Waals surface area (Å²) in [4.78, 5) is 43.5. The van der Waals surface area contributed by atoms with Crippen LogP contribution in [0.2, 0.25) is 0 Å². The van der Waals surface area contributed by atoms with Crippen molar-refractivity contribution in [3.63, 3.8) is 0 Å². The summed E-state index contributed by atoms with van der Waals surface area (Å²) in [6.45, 7) is 13.1. The molecule has 5 aliphatic carbocycles. The number of esters is 1. The molecule has 39 heteroatoms. The van der Waals surface area contributed by atoms with Gasteiger partial charge in [0.15, 0.2) is 50.1 Å². The van der Waals surface area contributed by atoms with Gasteiger partial charge in [-0.2, -0.15) is 0 Å². The van der Waals surface area contributed by atoms with E-state index in [-0.39, 0.29) is 38.2 Å². The Balaban J connectivity index is 0.761. The third-order valence-electron chi connectivity index (χ3n) is 29.1. The summed E-state index contributed by atoms with van der Waals surface area (Å²) in [5.41, 5.74) is -6.95. The number of aldehydes is 1.